The number of halogens is 1. The first kappa shape index (κ1) is 9.51. The van der Waals surface area contributed by atoms with Crippen molar-refractivity contribution in [2.24, 2.45) is 0 Å². The van der Waals surface area contributed by atoms with Gasteiger partial charge in [0.1, 0.15) is 0 Å². The van der Waals surface area contributed by atoms with Crippen molar-refractivity contribution < 1.29 is 0 Å². The maximum absolute atomic E-state index is 5.81. The largest absolute Gasteiger partial charge is 0.126 e. The fourth-order valence-electron chi connectivity index (χ4n) is 0.200. The summed E-state index contributed by atoms with van der Waals surface area (Å²) in [6, 6.07) is 0. The minimum absolute atomic E-state index is 0.383. The van der Waals surface area contributed by atoms with Crippen LogP contribution in [0.5, 0.6) is 0 Å². The Labute approximate surface area is 64.6 Å². The molecule has 0 aromatic heterocycles. The van der Waals surface area contributed by atoms with Crippen molar-refractivity contribution >= 4 is 19.7 Å². The zero-order valence-electron chi connectivity index (χ0n) is 7.09. The van der Waals surface area contributed by atoms with Crippen molar-refractivity contribution in [1.29, 1.82) is 0 Å². The van der Waals surface area contributed by atoms with Crippen molar-refractivity contribution in [2.45, 2.75) is 38.5 Å². The van der Waals surface area contributed by atoms with Crippen LogP contribution >= 0.6 is 11.6 Å². The van der Waals surface area contributed by atoms with Crippen molar-refractivity contribution in [3.05, 3.63) is 0 Å². The van der Waals surface area contributed by atoms with Crippen molar-refractivity contribution in [1.82, 2.24) is 0 Å². The molecule has 0 saturated heterocycles. The summed E-state index contributed by atoms with van der Waals surface area (Å²) in [6.07, 6.45) is 0. The van der Waals surface area contributed by atoms with Gasteiger partial charge in [-0.15, -0.1) is 11.6 Å². The Bertz CT molecular complexity index is 91.6. The Morgan fingerprint density at radius 2 is 1.56 bits per heavy atom. The summed E-state index contributed by atoms with van der Waals surface area (Å²) in [7, 11) is -1.02. The second-order valence-electron chi connectivity index (χ2n) is 4.27. The van der Waals surface area contributed by atoms with Gasteiger partial charge in [-0.2, -0.15) is 0 Å². The molecular formula is C7H17ClSi. The van der Waals surface area contributed by atoms with Crippen LogP contribution in [-0.2, 0) is 0 Å². The first-order chi connectivity index (χ1) is 3.81. The van der Waals surface area contributed by atoms with Crippen molar-refractivity contribution in [3.63, 3.8) is 0 Å². The van der Waals surface area contributed by atoms with E-state index in [4.69, 9.17) is 11.6 Å². The van der Waals surface area contributed by atoms with E-state index in [-0.39, 0.29) is 0 Å². The summed E-state index contributed by atoms with van der Waals surface area (Å²) in [6.45, 7) is 11.6. The summed E-state index contributed by atoms with van der Waals surface area (Å²) in [5.41, 5.74) is 0. The van der Waals surface area contributed by atoms with E-state index in [1.807, 2.05) is 0 Å². The molecule has 0 aliphatic rings. The molecular weight excluding hydrogens is 148 g/mol. The van der Waals surface area contributed by atoms with Gasteiger partial charge in [0.2, 0.25) is 0 Å². The van der Waals surface area contributed by atoms with Crippen molar-refractivity contribution in [3.8, 4) is 0 Å². The van der Waals surface area contributed by atoms with Crippen molar-refractivity contribution in [2.75, 3.05) is 5.88 Å². The highest BCUT2D eigenvalue weighted by atomic mass is 35.5. The van der Waals surface area contributed by atoms with Crippen LogP contribution in [0.4, 0.5) is 0 Å². The first-order valence-electron chi connectivity index (χ1n) is 3.37. The third kappa shape index (κ3) is 2.30. The summed E-state index contributed by atoms with van der Waals surface area (Å²) in [4.78, 5) is 0. The van der Waals surface area contributed by atoms with Gasteiger partial charge in [-0.05, 0) is 5.04 Å². The lowest BCUT2D eigenvalue weighted by Crippen LogP contribution is -2.36. The zero-order chi connectivity index (χ0) is 7.71. The highest BCUT2D eigenvalue weighted by Gasteiger charge is 2.33. The predicted molar refractivity (Wildman–Crippen MR) is 48.1 cm³/mol. The molecule has 0 aromatic carbocycles. The molecule has 0 N–H and O–H groups in total. The first-order valence-corrected chi connectivity index (χ1v) is 7.41. The van der Waals surface area contributed by atoms with Gasteiger partial charge in [-0.1, -0.05) is 33.5 Å². The van der Waals surface area contributed by atoms with Gasteiger partial charge in [0.25, 0.3) is 0 Å². The van der Waals surface area contributed by atoms with E-state index in [9.17, 15) is 0 Å². The Hall–Kier alpha value is 0.507. The van der Waals surface area contributed by atoms with Crippen LogP contribution in [-0.4, -0.2) is 14.0 Å². The molecule has 56 valence electrons. The van der Waals surface area contributed by atoms with Crippen LogP contribution in [0.3, 0.4) is 0 Å². The van der Waals surface area contributed by atoms with Gasteiger partial charge >= 0.3 is 0 Å². The van der Waals surface area contributed by atoms with Crippen LogP contribution in [0, 0.1) is 0 Å². The molecule has 0 unspecified atom stereocenters. The van der Waals surface area contributed by atoms with E-state index in [0.717, 1.165) is 5.88 Å². The van der Waals surface area contributed by atoms with Gasteiger partial charge in [0.15, 0.2) is 0 Å². The van der Waals surface area contributed by atoms with E-state index in [2.05, 4.69) is 33.5 Å². The van der Waals surface area contributed by atoms with Crippen LogP contribution in [0.2, 0.25) is 24.7 Å². The molecule has 9 heavy (non-hydrogen) atoms. The second-order valence-corrected chi connectivity index (χ2v) is 10.4. The van der Waals surface area contributed by atoms with E-state index < -0.39 is 8.07 Å². The average molecular weight is 165 g/mol. The Kier molecular flexibility index (Phi) is 2.78. The molecule has 0 atom stereocenters. The molecule has 0 bridgehead atoms. The van der Waals surface area contributed by atoms with Crippen LogP contribution in [0.25, 0.3) is 0 Å². The number of hydrogen-bond donors (Lipinski definition) is 0. The lowest BCUT2D eigenvalue weighted by Gasteiger charge is -2.35. The SMILES string of the molecule is CC(C)(CCl)[Si](C)(C)C. The normalized spacial score (nSPS) is 14.0. The fourth-order valence-corrected chi connectivity index (χ4v) is 1.80. The number of hydrogen-bond acceptors (Lipinski definition) is 0. The second kappa shape index (κ2) is 2.63. The highest BCUT2D eigenvalue weighted by molar-refractivity contribution is 6.79. The molecule has 0 rings (SSSR count). The lowest BCUT2D eigenvalue weighted by molar-refractivity contribution is 0.732. The lowest BCUT2D eigenvalue weighted by atomic mass is 10.2. The van der Waals surface area contributed by atoms with E-state index in [1.165, 1.54) is 0 Å². The summed E-state index contributed by atoms with van der Waals surface area (Å²) < 4.78 is 0. The minimum atomic E-state index is -1.02. The van der Waals surface area contributed by atoms with Crippen LogP contribution < -0.4 is 0 Å². The maximum atomic E-state index is 5.81. The van der Waals surface area contributed by atoms with Gasteiger partial charge in [0.05, 0.1) is 8.07 Å². The van der Waals surface area contributed by atoms with Crippen LogP contribution in [0.1, 0.15) is 13.8 Å². The Balaban J connectivity index is 4.14. The van der Waals surface area contributed by atoms with Crippen LogP contribution in [0.15, 0.2) is 0 Å². The molecule has 0 amide bonds. The van der Waals surface area contributed by atoms with Gasteiger partial charge < -0.3 is 0 Å². The third-order valence-electron chi connectivity index (χ3n) is 2.36. The summed E-state index contributed by atoms with van der Waals surface area (Å²) >= 11 is 5.81. The predicted octanol–water partition coefficient (Wildman–Crippen LogP) is 3.34. The van der Waals surface area contributed by atoms with E-state index >= 15 is 0 Å². The molecule has 0 fully saturated rings. The molecule has 0 radical (unpaired) electrons. The molecule has 0 spiro atoms. The van der Waals surface area contributed by atoms with Gasteiger partial charge in [0, 0.05) is 5.88 Å². The maximum Gasteiger partial charge on any atom is 0.0513 e. The molecule has 0 heterocycles. The molecule has 0 aromatic rings. The molecule has 2 heteroatoms. The third-order valence-corrected chi connectivity index (χ3v) is 7.49. The zero-order valence-corrected chi connectivity index (χ0v) is 8.84. The number of alkyl halides is 1. The molecule has 0 nitrogen and oxygen atoms in total. The smallest absolute Gasteiger partial charge is 0.0513 e. The van der Waals surface area contributed by atoms with Gasteiger partial charge in [-0.25, -0.2) is 0 Å². The topological polar surface area (TPSA) is 0 Å². The quantitative estimate of drug-likeness (QED) is 0.434. The average Bonchev–Trinajstić information content (AvgIpc) is 1.64. The van der Waals surface area contributed by atoms with Gasteiger partial charge in [-0.3, -0.25) is 0 Å². The Morgan fingerprint density at radius 3 is 1.56 bits per heavy atom. The monoisotopic (exact) mass is 164 g/mol. The number of rotatable bonds is 2. The molecule has 0 aliphatic heterocycles. The molecule has 0 saturated carbocycles. The fraction of sp³-hybridized carbons (Fsp3) is 1.00. The van der Waals surface area contributed by atoms with E-state index in [0.29, 0.717) is 5.04 Å². The summed E-state index contributed by atoms with van der Waals surface area (Å²) in [5.74, 6) is 0.794. The standard InChI is InChI=1S/C7H17ClSi/c1-7(2,6-8)9(3,4)5/h6H2,1-5H3. The Morgan fingerprint density at radius 1 is 1.22 bits per heavy atom. The minimum Gasteiger partial charge on any atom is -0.126 e. The summed E-state index contributed by atoms with van der Waals surface area (Å²) in [5, 5.41) is 0.383. The molecule has 0 aliphatic carbocycles. The van der Waals surface area contributed by atoms with E-state index in [1.54, 1.807) is 0 Å². The highest BCUT2D eigenvalue weighted by Crippen LogP contribution is 2.37.